The van der Waals surface area contributed by atoms with Gasteiger partial charge >= 0.3 is 0 Å². The van der Waals surface area contributed by atoms with E-state index in [2.05, 4.69) is 4.84 Å². The van der Waals surface area contributed by atoms with E-state index in [9.17, 15) is 13.5 Å². The van der Waals surface area contributed by atoms with Crippen LogP contribution in [-0.2, 0) is 21.1 Å². The monoisotopic (exact) mass is 245 g/mol. The predicted molar refractivity (Wildman–Crippen MR) is 59.8 cm³/mol. The second-order valence-electron chi connectivity index (χ2n) is 3.64. The molecule has 0 bridgehead atoms. The summed E-state index contributed by atoms with van der Waals surface area (Å²) in [7, 11) is -3.31. The topological polar surface area (TPSA) is 89.6 Å². The Morgan fingerprint density at radius 2 is 2.06 bits per heavy atom. The molecule has 0 aromatic heterocycles. The molecule has 0 unspecified atom stereocenters. The summed E-state index contributed by atoms with van der Waals surface area (Å²) < 4.78 is 23.1. The van der Waals surface area contributed by atoms with E-state index in [-0.39, 0.29) is 17.3 Å². The van der Waals surface area contributed by atoms with Crippen LogP contribution in [0.2, 0.25) is 0 Å². The van der Waals surface area contributed by atoms with Crippen LogP contribution in [0.4, 0.5) is 0 Å². The highest BCUT2D eigenvalue weighted by atomic mass is 32.2. The van der Waals surface area contributed by atoms with Crippen LogP contribution < -0.4 is 5.90 Å². The molecule has 16 heavy (non-hydrogen) atoms. The molecule has 0 atom stereocenters. The smallest absolute Gasteiger partial charge is 0.175 e. The summed E-state index contributed by atoms with van der Waals surface area (Å²) in [4.78, 5) is 4.62. The minimum absolute atomic E-state index is 0.0689. The van der Waals surface area contributed by atoms with Crippen LogP contribution in [0.15, 0.2) is 17.0 Å². The summed E-state index contributed by atoms with van der Waals surface area (Å²) >= 11 is 0. The lowest BCUT2D eigenvalue weighted by Crippen LogP contribution is -2.08. The van der Waals surface area contributed by atoms with Crippen LogP contribution in [0.25, 0.3) is 0 Å². The highest BCUT2D eigenvalue weighted by Crippen LogP contribution is 2.25. The number of sulfone groups is 1. The Bertz CT molecular complexity index is 482. The molecule has 6 heteroatoms. The number of phenols is 1. The lowest BCUT2D eigenvalue weighted by atomic mass is 10.1. The molecule has 0 saturated heterocycles. The highest BCUT2D eigenvalue weighted by molar-refractivity contribution is 7.90. The quantitative estimate of drug-likeness (QED) is 0.755. The van der Waals surface area contributed by atoms with E-state index in [1.54, 1.807) is 6.92 Å². The summed E-state index contributed by atoms with van der Waals surface area (Å²) in [5.74, 6) is 4.96. The number of aryl methyl sites for hydroxylation is 1. The Morgan fingerprint density at radius 1 is 1.44 bits per heavy atom. The van der Waals surface area contributed by atoms with Crippen molar-refractivity contribution in [3.63, 3.8) is 0 Å². The fraction of sp³-hybridized carbons (Fsp3) is 0.400. The molecule has 0 fully saturated rings. The van der Waals surface area contributed by atoms with Gasteiger partial charge in [0, 0.05) is 6.26 Å². The first-order valence-corrected chi connectivity index (χ1v) is 6.59. The molecule has 0 heterocycles. The number of benzene rings is 1. The molecule has 90 valence electrons. The Morgan fingerprint density at radius 3 is 2.56 bits per heavy atom. The summed E-state index contributed by atoms with van der Waals surface area (Å²) in [5.41, 5.74) is 1.04. The summed E-state index contributed by atoms with van der Waals surface area (Å²) in [6, 6.07) is 2.89. The van der Waals surface area contributed by atoms with Gasteiger partial charge in [-0.25, -0.2) is 14.3 Å². The number of rotatable bonds is 4. The number of aromatic hydroxyl groups is 1. The van der Waals surface area contributed by atoms with Crippen molar-refractivity contribution in [3.8, 4) is 5.75 Å². The second-order valence-corrected chi connectivity index (χ2v) is 5.62. The lowest BCUT2D eigenvalue weighted by Gasteiger charge is -2.10. The minimum atomic E-state index is -3.31. The predicted octanol–water partition coefficient (Wildman–Crippen LogP) is 0.537. The number of phenolic OH excluding ortho intramolecular Hbond substituents is 1. The second kappa shape index (κ2) is 4.82. The van der Waals surface area contributed by atoms with Gasteiger partial charge in [-0.1, -0.05) is 0 Å². The third-order valence-corrected chi connectivity index (χ3v) is 3.45. The van der Waals surface area contributed by atoms with Crippen molar-refractivity contribution >= 4 is 9.84 Å². The van der Waals surface area contributed by atoms with E-state index in [1.807, 2.05) is 0 Å². The number of nitrogens with two attached hydrogens (primary N) is 1. The van der Waals surface area contributed by atoms with Crippen molar-refractivity contribution in [2.45, 2.75) is 18.2 Å². The molecule has 0 aliphatic rings. The van der Waals surface area contributed by atoms with Gasteiger partial charge in [0.05, 0.1) is 11.5 Å². The van der Waals surface area contributed by atoms with E-state index in [4.69, 9.17) is 5.90 Å². The molecule has 0 saturated carbocycles. The molecular formula is C10H15NO4S. The van der Waals surface area contributed by atoms with Gasteiger partial charge in [0.25, 0.3) is 0 Å². The molecule has 0 amide bonds. The average Bonchev–Trinajstić information content (AvgIpc) is 2.17. The molecule has 3 N–H and O–H groups in total. The van der Waals surface area contributed by atoms with Crippen molar-refractivity contribution in [1.82, 2.24) is 0 Å². The SMILES string of the molecule is Cc1cc(S(C)(=O)=O)c(CCON)cc1O. The summed E-state index contributed by atoms with van der Waals surface area (Å²) in [5, 5.41) is 9.52. The first-order chi connectivity index (χ1) is 7.36. The third-order valence-electron chi connectivity index (χ3n) is 2.27. The van der Waals surface area contributed by atoms with Crippen LogP contribution in [-0.4, -0.2) is 26.4 Å². The Hall–Kier alpha value is -1.11. The third kappa shape index (κ3) is 2.94. The molecule has 1 rings (SSSR count). The van der Waals surface area contributed by atoms with E-state index in [1.165, 1.54) is 12.1 Å². The van der Waals surface area contributed by atoms with Crippen molar-refractivity contribution in [3.05, 3.63) is 23.3 Å². The van der Waals surface area contributed by atoms with Gasteiger partial charge in [-0.05, 0) is 36.6 Å². The molecule has 1 aromatic rings. The van der Waals surface area contributed by atoms with Crippen LogP contribution in [0.3, 0.4) is 0 Å². The zero-order chi connectivity index (χ0) is 12.3. The fourth-order valence-electron chi connectivity index (χ4n) is 1.42. The maximum Gasteiger partial charge on any atom is 0.175 e. The van der Waals surface area contributed by atoms with Gasteiger partial charge in [0.1, 0.15) is 5.75 Å². The standard InChI is InChI=1S/C10H15NO4S/c1-7-5-10(16(2,13)14)8(3-4-15-11)6-9(7)12/h5-6,12H,3-4,11H2,1-2H3. The van der Waals surface area contributed by atoms with E-state index in [0.29, 0.717) is 17.5 Å². The van der Waals surface area contributed by atoms with Crippen LogP contribution in [0.1, 0.15) is 11.1 Å². The maximum absolute atomic E-state index is 11.5. The maximum atomic E-state index is 11.5. The van der Waals surface area contributed by atoms with Gasteiger partial charge in [-0.2, -0.15) is 0 Å². The van der Waals surface area contributed by atoms with Crippen molar-refractivity contribution in [1.29, 1.82) is 0 Å². The molecule has 0 aliphatic heterocycles. The lowest BCUT2D eigenvalue weighted by molar-refractivity contribution is 0.141. The molecule has 0 radical (unpaired) electrons. The van der Waals surface area contributed by atoms with Crippen molar-refractivity contribution in [2.75, 3.05) is 12.9 Å². The average molecular weight is 245 g/mol. The molecular weight excluding hydrogens is 230 g/mol. The van der Waals surface area contributed by atoms with Crippen molar-refractivity contribution in [2.24, 2.45) is 5.90 Å². The van der Waals surface area contributed by atoms with Gasteiger partial charge < -0.3 is 9.94 Å². The summed E-state index contributed by atoms with van der Waals surface area (Å²) in [6.45, 7) is 1.85. The normalized spacial score (nSPS) is 11.7. The Kier molecular flexibility index (Phi) is 3.90. The highest BCUT2D eigenvalue weighted by Gasteiger charge is 2.15. The molecule has 5 nitrogen and oxygen atoms in total. The zero-order valence-corrected chi connectivity index (χ0v) is 10.0. The number of hydrogen-bond acceptors (Lipinski definition) is 5. The molecule has 0 spiro atoms. The van der Waals surface area contributed by atoms with E-state index < -0.39 is 9.84 Å². The van der Waals surface area contributed by atoms with Gasteiger partial charge in [0.2, 0.25) is 0 Å². The first-order valence-electron chi connectivity index (χ1n) is 4.70. The van der Waals surface area contributed by atoms with Crippen LogP contribution in [0, 0.1) is 6.92 Å². The largest absolute Gasteiger partial charge is 0.508 e. The van der Waals surface area contributed by atoms with E-state index >= 15 is 0 Å². The minimum Gasteiger partial charge on any atom is -0.508 e. The van der Waals surface area contributed by atoms with Crippen molar-refractivity contribution < 1.29 is 18.4 Å². The summed E-state index contributed by atoms with van der Waals surface area (Å²) in [6.07, 6.45) is 1.47. The van der Waals surface area contributed by atoms with Gasteiger partial charge in [-0.3, -0.25) is 0 Å². The molecule has 0 aliphatic carbocycles. The van der Waals surface area contributed by atoms with Gasteiger partial charge in [0.15, 0.2) is 9.84 Å². The molecule has 1 aromatic carbocycles. The fourth-order valence-corrected chi connectivity index (χ4v) is 2.45. The number of hydrogen-bond donors (Lipinski definition) is 2. The van der Waals surface area contributed by atoms with E-state index in [0.717, 1.165) is 6.26 Å². The zero-order valence-electron chi connectivity index (χ0n) is 9.23. The van der Waals surface area contributed by atoms with Crippen LogP contribution >= 0.6 is 0 Å². The van der Waals surface area contributed by atoms with Gasteiger partial charge in [-0.15, -0.1) is 0 Å². The van der Waals surface area contributed by atoms with Crippen LogP contribution in [0.5, 0.6) is 5.75 Å². The Balaban J connectivity index is 3.28. The first kappa shape index (κ1) is 13.0. The Labute approximate surface area is 94.7 Å².